The Hall–Kier alpha value is -0.900. The number of piperidine rings is 1. The minimum Gasteiger partial charge on any atom is -0.386 e. The van der Waals surface area contributed by atoms with Crippen LogP contribution in [0.4, 0.5) is 0 Å². The summed E-state index contributed by atoms with van der Waals surface area (Å²) >= 11 is 0. The van der Waals surface area contributed by atoms with E-state index in [0.717, 1.165) is 31.5 Å². The molecular weight excluding hydrogens is 202 g/mol. The highest BCUT2D eigenvalue weighted by Gasteiger charge is 2.15. The maximum absolute atomic E-state index is 9.91. The van der Waals surface area contributed by atoms with Crippen molar-refractivity contribution in [2.24, 2.45) is 0 Å². The summed E-state index contributed by atoms with van der Waals surface area (Å²) in [6.07, 6.45) is 2.00. The summed E-state index contributed by atoms with van der Waals surface area (Å²) < 4.78 is 5.69. The van der Waals surface area contributed by atoms with Gasteiger partial charge in [-0.25, -0.2) is 0 Å². The third kappa shape index (κ3) is 3.30. The van der Waals surface area contributed by atoms with E-state index in [1.54, 1.807) is 0 Å². The lowest BCUT2D eigenvalue weighted by Gasteiger charge is -2.24. The van der Waals surface area contributed by atoms with E-state index >= 15 is 0 Å². The molecule has 0 bridgehead atoms. The van der Waals surface area contributed by atoms with Crippen LogP contribution in [-0.4, -0.2) is 30.9 Å². The quantitative estimate of drug-likeness (QED) is 0.809. The van der Waals surface area contributed by atoms with Crippen LogP contribution in [0.2, 0.25) is 0 Å². The molecule has 1 fully saturated rings. The number of hydrogen-bond acceptors (Lipinski definition) is 3. The molecule has 1 heterocycles. The van der Waals surface area contributed by atoms with Crippen molar-refractivity contribution in [1.29, 1.82) is 0 Å². The standard InChI is InChI=1S/C13H19NO2/c15-13(11-5-2-1-3-6-11)10-16-12-7-4-8-14-9-12/h1-3,5-6,12-15H,4,7-10H2/t12-,13?/m0/s1. The van der Waals surface area contributed by atoms with Crippen LogP contribution in [0, 0.1) is 0 Å². The predicted octanol–water partition coefficient (Wildman–Crippen LogP) is 1.49. The Bertz CT molecular complexity index is 296. The number of hydrogen-bond donors (Lipinski definition) is 2. The van der Waals surface area contributed by atoms with Gasteiger partial charge in [0.05, 0.1) is 12.7 Å². The van der Waals surface area contributed by atoms with Gasteiger partial charge in [-0.05, 0) is 24.9 Å². The molecule has 0 aliphatic carbocycles. The largest absolute Gasteiger partial charge is 0.386 e. The van der Waals surface area contributed by atoms with Gasteiger partial charge in [0.2, 0.25) is 0 Å². The van der Waals surface area contributed by atoms with Gasteiger partial charge in [0, 0.05) is 6.54 Å². The SMILES string of the molecule is OC(CO[C@H]1CCCNC1)c1ccccc1. The summed E-state index contributed by atoms with van der Waals surface area (Å²) in [4.78, 5) is 0. The van der Waals surface area contributed by atoms with Crippen LogP contribution in [-0.2, 0) is 4.74 Å². The van der Waals surface area contributed by atoms with E-state index in [0.29, 0.717) is 6.61 Å². The normalized spacial score (nSPS) is 22.9. The van der Waals surface area contributed by atoms with Gasteiger partial charge in [-0.15, -0.1) is 0 Å². The van der Waals surface area contributed by atoms with E-state index in [-0.39, 0.29) is 6.10 Å². The third-order valence-corrected chi connectivity index (χ3v) is 2.93. The van der Waals surface area contributed by atoms with Crippen molar-refractivity contribution in [3.05, 3.63) is 35.9 Å². The van der Waals surface area contributed by atoms with Crippen molar-refractivity contribution in [3.63, 3.8) is 0 Å². The molecule has 1 aliphatic heterocycles. The second-order valence-electron chi connectivity index (χ2n) is 4.23. The molecule has 1 unspecified atom stereocenters. The molecule has 88 valence electrons. The zero-order valence-corrected chi connectivity index (χ0v) is 9.43. The van der Waals surface area contributed by atoms with Crippen molar-refractivity contribution in [1.82, 2.24) is 5.32 Å². The van der Waals surface area contributed by atoms with Crippen LogP contribution < -0.4 is 5.32 Å². The molecule has 1 aromatic carbocycles. The number of ether oxygens (including phenoxy) is 1. The topological polar surface area (TPSA) is 41.5 Å². The first-order chi connectivity index (χ1) is 7.86. The van der Waals surface area contributed by atoms with E-state index < -0.39 is 6.10 Å². The summed E-state index contributed by atoms with van der Waals surface area (Å²) in [5.41, 5.74) is 0.922. The Labute approximate surface area is 96.4 Å². The van der Waals surface area contributed by atoms with Crippen molar-refractivity contribution >= 4 is 0 Å². The number of aliphatic hydroxyl groups is 1. The Morgan fingerprint density at radius 1 is 1.38 bits per heavy atom. The van der Waals surface area contributed by atoms with Crippen molar-refractivity contribution in [3.8, 4) is 0 Å². The Balaban J connectivity index is 1.77. The van der Waals surface area contributed by atoms with Crippen LogP contribution >= 0.6 is 0 Å². The second-order valence-corrected chi connectivity index (χ2v) is 4.23. The summed E-state index contributed by atoms with van der Waals surface area (Å²) in [6, 6.07) is 9.66. The fourth-order valence-corrected chi connectivity index (χ4v) is 1.96. The average molecular weight is 221 g/mol. The average Bonchev–Trinajstić information content (AvgIpc) is 2.38. The molecule has 3 nitrogen and oxygen atoms in total. The van der Waals surface area contributed by atoms with Crippen LogP contribution in [0.15, 0.2) is 30.3 Å². The molecule has 2 N–H and O–H groups in total. The van der Waals surface area contributed by atoms with Crippen LogP contribution in [0.3, 0.4) is 0 Å². The Morgan fingerprint density at radius 2 is 2.19 bits per heavy atom. The van der Waals surface area contributed by atoms with E-state index in [4.69, 9.17) is 4.74 Å². The predicted molar refractivity (Wildman–Crippen MR) is 63.2 cm³/mol. The highest BCUT2D eigenvalue weighted by molar-refractivity contribution is 5.17. The maximum Gasteiger partial charge on any atom is 0.102 e. The zero-order chi connectivity index (χ0) is 11.2. The molecule has 1 aliphatic rings. The summed E-state index contributed by atoms with van der Waals surface area (Å²) in [7, 11) is 0. The molecule has 0 saturated carbocycles. The lowest BCUT2D eigenvalue weighted by Crippen LogP contribution is -2.36. The highest BCUT2D eigenvalue weighted by Crippen LogP contribution is 2.14. The van der Waals surface area contributed by atoms with E-state index in [2.05, 4.69) is 5.32 Å². The maximum atomic E-state index is 9.91. The first kappa shape index (κ1) is 11.6. The van der Waals surface area contributed by atoms with Crippen molar-refractivity contribution < 1.29 is 9.84 Å². The summed E-state index contributed by atoms with van der Waals surface area (Å²) in [6.45, 7) is 2.37. The van der Waals surface area contributed by atoms with Gasteiger partial charge >= 0.3 is 0 Å². The molecule has 2 rings (SSSR count). The van der Waals surface area contributed by atoms with Crippen LogP contribution in [0.1, 0.15) is 24.5 Å². The van der Waals surface area contributed by atoms with E-state index in [1.165, 1.54) is 0 Å². The minimum atomic E-state index is -0.511. The number of aliphatic hydroxyl groups excluding tert-OH is 1. The number of benzene rings is 1. The molecule has 1 saturated heterocycles. The Morgan fingerprint density at radius 3 is 2.88 bits per heavy atom. The first-order valence-corrected chi connectivity index (χ1v) is 5.91. The van der Waals surface area contributed by atoms with Crippen LogP contribution in [0.25, 0.3) is 0 Å². The molecule has 0 spiro atoms. The monoisotopic (exact) mass is 221 g/mol. The smallest absolute Gasteiger partial charge is 0.102 e. The third-order valence-electron chi connectivity index (χ3n) is 2.93. The number of nitrogens with one attached hydrogen (secondary N) is 1. The summed E-state index contributed by atoms with van der Waals surface area (Å²) in [5.74, 6) is 0. The van der Waals surface area contributed by atoms with Crippen molar-refractivity contribution in [2.75, 3.05) is 19.7 Å². The van der Waals surface area contributed by atoms with Gasteiger partial charge in [-0.3, -0.25) is 0 Å². The van der Waals surface area contributed by atoms with Crippen LogP contribution in [0.5, 0.6) is 0 Å². The second kappa shape index (κ2) is 5.99. The lowest BCUT2D eigenvalue weighted by molar-refractivity contribution is -0.0188. The molecular formula is C13H19NO2. The molecule has 1 aromatic rings. The lowest BCUT2D eigenvalue weighted by atomic mass is 10.1. The van der Waals surface area contributed by atoms with E-state index in [1.807, 2.05) is 30.3 Å². The zero-order valence-electron chi connectivity index (χ0n) is 9.43. The van der Waals surface area contributed by atoms with Gasteiger partial charge in [0.1, 0.15) is 6.10 Å². The molecule has 3 heteroatoms. The molecule has 0 amide bonds. The fourth-order valence-electron chi connectivity index (χ4n) is 1.96. The Kier molecular flexibility index (Phi) is 4.34. The summed E-state index contributed by atoms with van der Waals surface area (Å²) in [5, 5.41) is 13.2. The van der Waals surface area contributed by atoms with Gasteiger partial charge in [0.15, 0.2) is 0 Å². The first-order valence-electron chi connectivity index (χ1n) is 5.91. The van der Waals surface area contributed by atoms with E-state index in [9.17, 15) is 5.11 Å². The fraction of sp³-hybridized carbons (Fsp3) is 0.538. The van der Waals surface area contributed by atoms with Gasteiger partial charge in [0.25, 0.3) is 0 Å². The molecule has 0 radical (unpaired) electrons. The number of rotatable bonds is 4. The minimum absolute atomic E-state index is 0.257. The van der Waals surface area contributed by atoms with Gasteiger partial charge < -0.3 is 15.2 Å². The van der Waals surface area contributed by atoms with Gasteiger partial charge in [-0.2, -0.15) is 0 Å². The van der Waals surface area contributed by atoms with Crippen molar-refractivity contribution in [2.45, 2.75) is 25.0 Å². The molecule has 16 heavy (non-hydrogen) atoms. The molecule has 2 atom stereocenters. The van der Waals surface area contributed by atoms with Gasteiger partial charge in [-0.1, -0.05) is 30.3 Å². The highest BCUT2D eigenvalue weighted by atomic mass is 16.5. The molecule has 0 aromatic heterocycles.